The van der Waals surface area contributed by atoms with Crippen LogP contribution in [0.1, 0.15) is 51.4 Å². The lowest BCUT2D eigenvalue weighted by Crippen LogP contribution is -2.31. The quantitative estimate of drug-likeness (QED) is 0.188. The van der Waals surface area contributed by atoms with Gasteiger partial charge in [-0.2, -0.15) is 0 Å². The molecule has 5 rings (SSSR count). The van der Waals surface area contributed by atoms with Gasteiger partial charge in [0.1, 0.15) is 0 Å². The number of halogens is 1. The van der Waals surface area contributed by atoms with E-state index in [2.05, 4.69) is 0 Å². The Bertz CT molecular complexity index is 1670. The minimum Gasteiger partial charge on any atom is -0.503 e. The molecule has 9 heteroatoms. The first-order chi connectivity index (χ1) is 19.2. The number of rotatable bonds is 8. The second-order valence-electron chi connectivity index (χ2n) is 9.40. The molecular weight excluding hydrogens is 534 g/mol. The minimum absolute atomic E-state index is 0.0848. The number of furan rings is 1. The van der Waals surface area contributed by atoms with Crippen LogP contribution in [0.5, 0.6) is 5.75 Å². The van der Waals surface area contributed by atoms with Crippen LogP contribution in [0.15, 0.2) is 82.5 Å². The molecule has 1 aliphatic rings. The largest absolute Gasteiger partial charge is 0.503 e. The SMILES string of the molecule is CCCOC(=O)c1ccc(N2C(=O)C(O)=C(C(=O)c3cc4cc(Cl)cc(OC)c4o3)C2c2cccc(C)c2)cc1. The van der Waals surface area contributed by atoms with E-state index >= 15 is 0 Å². The normalized spacial score (nSPS) is 15.2. The molecule has 0 aliphatic carbocycles. The fraction of sp³-hybridized carbons (Fsp3) is 0.194. The smallest absolute Gasteiger partial charge is 0.338 e. The van der Waals surface area contributed by atoms with Crippen LogP contribution >= 0.6 is 11.6 Å². The van der Waals surface area contributed by atoms with Crippen LogP contribution in [0.2, 0.25) is 5.02 Å². The van der Waals surface area contributed by atoms with Crippen LogP contribution in [0.4, 0.5) is 5.69 Å². The molecule has 1 N–H and O–H groups in total. The maximum atomic E-state index is 13.9. The van der Waals surface area contributed by atoms with Crippen molar-refractivity contribution >= 4 is 45.9 Å². The van der Waals surface area contributed by atoms with Gasteiger partial charge < -0.3 is 19.0 Å². The van der Waals surface area contributed by atoms with E-state index in [-0.39, 0.29) is 11.3 Å². The fourth-order valence-corrected chi connectivity index (χ4v) is 4.99. The fourth-order valence-electron chi connectivity index (χ4n) is 4.78. The first-order valence-corrected chi connectivity index (χ1v) is 13.0. The molecule has 0 fully saturated rings. The maximum Gasteiger partial charge on any atom is 0.338 e. The predicted octanol–water partition coefficient (Wildman–Crippen LogP) is 6.75. The number of carbonyl (C=O) groups is 3. The Morgan fingerprint density at radius 2 is 1.82 bits per heavy atom. The standard InChI is InChI=1S/C31H26ClNO7/c1-4-12-39-31(37)18-8-10-22(11-9-18)33-26(19-7-5-6-17(2)13-19)25(28(35)30(33)36)27(34)23-15-20-14-21(32)16-24(38-3)29(20)40-23/h5-11,13-16,26,35H,4,12H2,1-3H3. The predicted molar refractivity (Wildman–Crippen MR) is 150 cm³/mol. The molecule has 8 nitrogen and oxygen atoms in total. The summed E-state index contributed by atoms with van der Waals surface area (Å²) in [4.78, 5) is 41.0. The number of aliphatic hydroxyl groups is 1. The molecule has 0 radical (unpaired) electrons. The van der Waals surface area contributed by atoms with Crippen molar-refractivity contribution in [3.63, 3.8) is 0 Å². The lowest BCUT2D eigenvalue weighted by molar-refractivity contribution is -0.117. The van der Waals surface area contributed by atoms with Gasteiger partial charge in [0.2, 0.25) is 5.78 Å². The Labute approximate surface area is 235 Å². The molecule has 1 unspecified atom stereocenters. The van der Waals surface area contributed by atoms with E-state index in [4.69, 9.17) is 25.5 Å². The lowest BCUT2D eigenvalue weighted by atomic mass is 9.93. The van der Waals surface area contributed by atoms with Gasteiger partial charge >= 0.3 is 5.97 Å². The summed E-state index contributed by atoms with van der Waals surface area (Å²) in [7, 11) is 1.46. The van der Waals surface area contributed by atoms with Gasteiger partial charge in [0.15, 0.2) is 22.9 Å². The molecule has 204 valence electrons. The molecule has 1 amide bonds. The van der Waals surface area contributed by atoms with Gasteiger partial charge in [-0.05, 0) is 55.3 Å². The second kappa shape index (κ2) is 10.9. The zero-order chi connectivity index (χ0) is 28.6. The molecule has 0 spiro atoms. The van der Waals surface area contributed by atoms with Crippen molar-refractivity contribution in [2.75, 3.05) is 18.6 Å². The van der Waals surface area contributed by atoms with Crippen molar-refractivity contribution in [3.05, 3.63) is 106 Å². The molecule has 1 atom stereocenters. The van der Waals surface area contributed by atoms with Gasteiger partial charge in [0, 0.05) is 22.2 Å². The number of Topliss-reactive ketones (excluding diaryl/α,β-unsaturated/α-hetero) is 1. The minimum atomic E-state index is -0.962. The number of nitrogens with zero attached hydrogens (tertiary/aromatic N) is 1. The number of anilines is 1. The number of benzene rings is 3. The molecule has 1 aromatic heterocycles. The average Bonchev–Trinajstić information content (AvgIpc) is 3.49. The summed E-state index contributed by atoms with van der Waals surface area (Å²) in [5.41, 5.74) is 2.40. The van der Waals surface area contributed by atoms with Crippen molar-refractivity contribution < 1.29 is 33.4 Å². The third-order valence-corrected chi connectivity index (χ3v) is 6.84. The van der Waals surface area contributed by atoms with E-state index in [9.17, 15) is 19.5 Å². The van der Waals surface area contributed by atoms with E-state index in [1.165, 1.54) is 18.1 Å². The number of hydrogen-bond acceptors (Lipinski definition) is 7. The highest BCUT2D eigenvalue weighted by Crippen LogP contribution is 2.43. The molecule has 3 aromatic carbocycles. The van der Waals surface area contributed by atoms with E-state index < -0.39 is 29.5 Å². The molecule has 1 aliphatic heterocycles. The van der Waals surface area contributed by atoms with E-state index in [1.807, 2.05) is 32.0 Å². The Morgan fingerprint density at radius 3 is 2.50 bits per heavy atom. The third-order valence-electron chi connectivity index (χ3n) is 6.62. The van der Waals surface area contributed by atoms with Crippen LogP contribution in [-0.4, -0.2) is 36.5 Å². The Balaban J connectivity index is 1.59. The summed E-state index contributed by atoms with van der Waals surface area (Å²) in [6.45, 7) is 4.08. The Hall–Kier alpha value is -4.56. The van der Waals surface area contributed by atoms with E-state index in [0.717, 1.165) is 5.56 Å². The summed E-state index contributed by atoms with van der Waals surface area (Å²) >= 11 is 6.19. The number of esters is 1. The van der Waals surface area contributed by atoms with Crippen LogP contribution in [0, 0.1) is 6.92 Å². The number of aliphatic hydroxyl groups excluding tert-OH is 1. The highest BCUT2D eigenvalue weighted by Gasteiger charge is 2.45. The van der Waals surface area contributed by atoms with Crippen LogP contribution in [-0.2, 0) is 9.53 Å². The molecule has 0 saturated carbocycles. The number of methoxy groups -OCH3 is 1. The maximum absolute atomic E-state index is 13.9. The number of fused-ring (bicyclic) bond motifs is 1. The molecule has 0 bridgehead atoms. The molecule has 4 aromatic rings. The highest BCUT2D eigenvalue weighted by molar-refractivity contribution is 6.31. The topological polar surface area (TPSA) is 106 Å². The molecule has 2 heterocycles. The number of aryl methyl sites for hydroxylation is 1. The first-order valence-electron chi connectivity index (χ1n) is 12.7. The van der Waals surface area contributed by atoms with Crippen LogP contribution in [0.3, 0.4) is 0 Å². The molecule has 40 heavy (non-hydrogen) atoms. The van der Waals surface area contributed by atoms with Crippen molar-refractivity contribution in [2.24, 2.45) is 0 Å². The van der Waals surface area contributed by atoms with Gasteiger partial charge in [-0.15, -0.1) is 0 Å². The number of carbonyl (C=O) groups excluding carboxylic acids is 3. The van der Waals surface area contributed by atoms with Gasteiger partial charge in [-0.25, -0.2) is 4.79 Å². The zero-order valence-electron chi connectivity index (χ0n) is 22.1. The summed E-state index contributed by atoms with van der Waals surface area (Å²) in [5, 5.41) is 12.0. The van der Waals surface area contributed by atoms with E-state index in [1.54, 1.807) is 42.5 Å². The number of ketones is 1. The first kappa shape index (κ1) is 27.0. The Morgan fingerprint density at radius 1 is 1.07 bits per heavy atom. The number of ether oxygens (including phenoxy) is 2. The molecule has 0 saturated heterocycles. The zero-order valence-corrected chi connectivity index (χ0v) is 22.8. The van der Waals surface area contributed by atoms with Crippen LogP contribution < -0.4 is 9.64 Å². The second-order valence-corrected chi connectivity index (χ2v) is 9.84. The summed E-state index contributed by atoms with van der Waals surface area (Å²) in [5.74, 6) is -2.32. The summed E-state index contributed by atoms with van der Waals surface area (Å²) in [6, 6.07) is 17.3. The number of hydrogen-bond donors (Lipinski definition) is 1. The summed E-state index contributed by atoms with van der Waals surface area (Å²) < 4.78 is 16.4. The van der Waals surface area contributed by atoms with E-state index in [0.29, 0.717) is 51.6 Å². The lowest BCUT2D eigenvalue weighted by Gasteiger charge is -2.27. The monoisotopic (exact) mass is 559 g/mol. The van der Waals surface area contributed by atoms with Gasteiger partial charge in [-0.1, -0.05) is 48.4 Å². The van der Waals surface area contributed by atoms with Gasteiger partial charge in [0.05, 0.1) is 30.9 Å². The van der Waals surface area contributed by atoms with Crippen molar-refractivity contribution in [1.29, 1.82) is 0 Å². The summed E-state index contributed by atoms with van der Waals surface area (Å²) in [6.07, 6.45) is 0.692. The van der Waals surface area contributed by atoms with Crippen molar-refractivity contribution in [1.82, 2.24) is 0 Å². The van der Waals surface area contributed by atoms with Gasteiger partial charge in [-0.3, -0.25) is 14.5 Å². The van der Waals surface area contributed by atoms with Crippen LogP contribution in [0.25, 0.3) is 11.0 Å². The Kier molecular flexibility index (Phi) is 7.36. The third kappa shape index (κ3) is 4.82. The number of amides is 1. The van der Waals surface area contributed by atoms with Gasteiger partial charge in [0.25, 0.3) is 5.91 Å². The highest BCUT2D eigenvalue weighted by atomic mass is 35.5. The van der Waals surface area contributed by atoms with Crippen molar-refractivity contribution in [2.45, 2.75) is 26.3 Å². The van der Waals surface area contributed by atoms with Crippen molar-refractivity contribution in [3.8, 4) is 5.75 Å². The average molecular weight is 560 g/mol. The molecular formula is C31H26ClNO7.